The number of hydrogen-bond donors (Lipinski definition) is 2. The van der Waals surface area contributed by atoms with Crippen molar-refractivity contribution in [1.82, 2.24) is 5.32 Å². The van der Waals surface area contributed by atoms with Gasteiger partial charge < -0.3 is 25.3 Å². The second-order valence-corrected chi connectivity index (χ2v) is 6.55. The maximum absolute atomic E-state index is 6.05. The number of nitrogens with one attached hydrogen (secondary N) is 1. The monoisotopic (exact) mass is 477 g/mol. The molecule has 0 amide bonds. The molecular formula is C19H32IN3O3. The zero-order valence-corrected chi connectivity index (χ0v) is 18.3. The third kappa shape index (κ3) is 6.59. The second-order valence-electron chi connectivity index (χ2n) is 6.55. The van der Waals surface area contributed by atoms with Crippen molar-refractivity contribution in [2.45, 2.75) is 38.1 Å². The molecule has 26 heavy (non-hydrogen) atoms. The Balaban J connectivity index is 0.00000338. The molecule has 0 spiro atoms. The second kappa shape index (κ2) is 11.6. The number of rotatable bonds is 8. The van der Waals surface area contributed by atoms with Gasteiger partial charge in [-0.05, 0) is 44.4 Å². The molecule has 1 aromatic carbocycles. The summed E-state index contributed by atoms with van der Waals surface area (Å²) in [6, 6.07) is 8.47. The first-order valence-corrected chi connectivity index (χ1v) is 8.96. The van der Waals surface area contributed by atoms with E-state index in [0.717, 1.165) is 31.8 Å². The van der Waals surface area contributed by atoms with Crippen LogP contribution in [0.1, 0.15) is 32.3 Å². The van der Waals surface area contributed by atoms with E-state index in [1.807, 2.05) is 26.0 Å². The lowest BCUT2D eigenvalue weighted by atomic mass is 9.74. The number of aliphatic imine (C=N–C) groups is 1. The van der Waals surface area contributed by atoms with Crippen LogP contribution < -0.4 is 15.8 Å². The number of methoxy groups -OCH3 is 1. The van der Waals surface area contributed by atoms with Gasteiger partial charge in [-0.3, -0.25) is 4.99 Å². The van der Waals surface area contributed by atoms with Crippen LogP contribution in [0.15, 0.2) is 29.3 Å². The minimum absolute atomic E-state index is 0. The lowest BCUT2D eigenvalue weighted by Crippen LogP contribution is -2.43. The van der Waals surface area contributed by atoms with Gasteiger partial charge in [0.1, 0.15) is 5.75 Å². The van der Waals surface area contributed by atoms with E-state index < -0.39 is 0 Å². The van der Waals surface area contributed by atoms with E-state index in [1.54, 1.807) is 7.11 Å². The highest BCUT2D eigenvalue weighted by Gasteiger charge is 2.34. The summed E-state index contributed by atoms with van der Waals surface area (Å²) < 4.78 is 16.2. The molecule has 1 aliphatic rings. The molecule has 0 radical (unpaired) electrons. The molecule has 0 saturated carbocycles. The highest BCUT2D eigenvalue weighted by molar-refractivity contribution is 14.0. The van der Waals surface area contributed by atoms with E-state index >= 15 is 0 Å². The molecule has 1 fully saturated rings. The summed E-state index contributed by atoms with van der Waals surface area (Å²) in [5.74, 6) is 1.35. The number of hydrogen-bond acceptors (Lipinski definition) is 4. The van der Waals surface area contributed by atoms with E-state index in [1.165, 1.54) is 5.56 Å². The molecule has 1 aliphatic heterocycles. The number of nitrogens with zero attached hydrogens (tertiary/aromatic N) is 1. The zero-order chi connectivity index (χ0) is 18.1. The number of halogens is 1. The van der Waals surface area contributed by atoms with Crippen LogP contribution in [-0.4, -0.2) is 52.1 Å². The lowest BCUT2D eigenvalue weighted by molar-refractivity contribution is 0.0531. The third-order valence-electron chi connectivity index (χ3n) is 4.59. The van der Waals surface area contributed by atoms with Gasteiger partial charge in [-0.1, -0.05) is 12.1 Å². The molecular weight excluding hydrogens is 445 g/mol. The topological polar surface area (TPSA) is 78.1 Å². The van der Waals surface area contributed by atoms with Gasteiger partial charge >= 0.3 is 0 Å². The third-order valence-corrected chi connectivity index (χ3v) is 4.59. The summed E-state index contributed by atoms with van der Waals surface area (Å²) in [6.07, 6.45) is 1.87. The molecule has 0 aromatic heterocycles. The van der Waals surface area contributed by atoms with Crippen molar-refractivity contribution in [2.75, 3.05) is 40.1 Å². The van der Waals surface area contributed by atoms with Crippen LogP contribution in [0.3, 0.4) is 0 Å². The van der Waals surface area contributed by atoms with Gasteiger partial charge in [-0.2, -0.15) is 0 Å². The maximum atomic E-state index is 6.05. The van der Waals surface area contributed by atoms with Crippen molar-refractivity contribution in [3.05, 3.63) is 29.8 Å². The molecule has 1 unspecified atom stereocenters. The Kier molecular flexibility index (Phi) is 10.3. The maximum Gasteiger partial charge on any atom is 0.188 e. The van der Waals surface area contributed by atoms with Crippen LogP contribution in [0.25, 0.3) is 0 Å². The largest absolute Gasteiger partial charge is 0.494 e. The van der Waals surface area contributed by atoms with Crippen LogP contribution in [0.2, 0.25) is 0 Å². The highest BCUT2D eigenvalue weighted by atomic mass is 127. The lowest BCUT2D eigenvalue weighted by Gasteiger charge is -2.36. The van der Waals surface area contributed by atoms with E-state index in [9.17, 15) is 0 Å². The Bertz CT molecular complexity index is 545. The summed E-state index contributed by atoms with van der Waals surface area (Å²) in [6.45, 7) is 7.40. The van der Waals surface area contributed by atoms with Crippen molar-refractivity contribution in [2.24, 2.45) is 10.7 Å². The van der Waals surface area contributed by atoms with E-state index in [-0.39, 0.29) is 35.4 Å². The fraction of sp³-hybridized carbons (Fsp3) is 0.632. The number of ether oxygens (including phenoxy) is 3. The molecule has 1 atom stereocenters. The van der Waals surface area contributed by atoms with Crippen LogP contribution in [0.5, 0.6) is 5.75 Å². The van der Waals surface area contributed by atoms with Gasteiger partial charge in [-0.15, -0.1) is 24.0 Å². The first-order chi connectivity index (χ1) is 12.1. The predicted octanol–water partition coefficient (Wildman–Crippen LogP) is 2.69. The molecule has 1 heterocycles. The fourth-order valence-electron chi connectivity index (χ4n) is 3.20. The molecule has 3 N–H and O–H groups in total. The van der Waals surface area contributed by atoms with Crippen LogP contribution in [-0.2, 0) is 14.9 Å². The van der Waals surface area contributed by atoms with Crippen LogP contribution in [0.4, 0.5) is 0 Å². The Morgan fingerprint density at radius 2 is 1.96 bits per heavy atom. The van der Waals surface area contributed by atoms with Gasteiger partial charge in [0.05, 0.1) is 19.8 Å². The number of benzene rings is 1. The fourth-order valence-corrected chi connectivity index (χ4v) is 3.20. The van der Waals surface area contributed by atoms with Crippen molar-refractivity contribution >= 4 is 29.9 Å². The van der Waals surface area contributed by atoms with Crippen molar-refractivity contribution < 1.29 is 14.2 Å². The van der Waals surface area contributed by atoms with Crippen molar-refractivity contribution in [3.8, 4) is 5.75 Å². The average Bonchev–Trinajstić information content (AvgIpc) is 2.62. The van der Waals surface area contributed by atoms with Crippen molar-refractivity contribution in [3.63, 3.8) is 0 Å². The van der Waals surface area contributed by atoms with Gasteiger partial charge in [0, 0.05) is 31.8 Å². The number of nitrogens with two attached hydrogens (primary N) is 1. The molecule has 2 rings (SSSR count). The summed E-state index contributed by atoms with van der Waals surface area (Å²) in [5.41, 5.74) is 7.28. The Labute approximate surface area is 173 Å². The van der Waals surface area contributed by atoms with Gasteiger partial charge in [0.15, 0.2) is 5.96 Å². The standard InChI is InChI=1S/C19H31N3O3.HI/c1-4-25-17-7-5-16(6-8-17)19(9-11-24-12-10-19)14-21-18(20)22-15(2)13-23-3;/h5-8,15H,4,9-14H2,1-3H3,(H3,20,21,22);1H. The normalized spacial score (nSPS) is 17.9. The average molecular weight is 477 g/mol. The van der Waals surface area contributed by atoms with Gasteiger partial charge in [-0.25, -0.2) is 0 Å². The quantitative estimate of drug-likeness (QED) is 0.342. The first-order valence-electron chi connectivity index (χ1n) is 8.96. The highest BCUT2D eigenvalue weighted by Crippen LogP contribution is 2.36. The Morgan fingerprint density at radius 3 is 2.54 bits per heavy atom. The molecule has 6 nitrogen and oxygen atoms in total. The van der Waals surface area contributed by atoms with Crippen LogP contribution in [0, 0.1) is 0 Å². The Morgan fingerprint density at radius 1 is 1.31 bits per heavy atom. The predicted molar refractivity (Wildman–Crippen MR) is 116 cm³/mol. The number of guanidine groups is 1. The van der Waals surface area contributed by atoms with Crippen LogP contribution >= 0.6 is 24.0 Å². The van der Waals surface area contributed by atoms with Gasteiger partial charge in [0.2, 0.25) is 0 Å². The summed E-state index contributed by atoms with van der Waals surface area (Å²) in [5, 5.41) is 3.17. The minimum Gasteiger partial charge on any atom is -0.494 e. The molecule has 1 saturated heterocycles. The minimum atomic E-state index is -0.0419. The van der Waals surface area contributed by atoms with Crippen molar-refractivity contribution in [1.29, 1.82) is 0 Å². The van der Waals surface area contributed by atoms with E-state index in [4.69, 9.17) is 19.9 Å². The smallest absolute Gasteiger partial charge is 0.188 e. The summed E-state index contributed by atoms with van der Waals surface area (Å²) in [7, 11) is 1.68. The molecule has 0 bridgehead atoms. The molecule has 148 valence electrons. The Hall–Kier alpha value is -1.06. The van der Waals surface area contributed by atoms with E-state index in [2.05, 4.69) is 22.4 Å². The first kappa shape index (κ1) is 23.0. The molecule has 1 aromatic rings. The summed E-state index contributed by atoms with van der Waals surface area (Å²) >= 11 is 0. The zero-order valence-electron chi connectivity index (χ0n) is 16.0. The van der Waals surface area contributed by atoms with Gasteiger partial charge in [0.25, 0.3) is 0 Å². The SMILES string of the molecule is CCOc1ccc(C2(CN=C(N)NC(C)COC)CCOCC2)cc1.I. The molecule has 7 heteroatoms. The molecule has 0 aliphatic carbocycles. The summed E-state index contributed by atoms with van der Waals surface area (Å²) in [4.78, 5) is 4.62. The van der Waals surface area contributed by atoms with E-state index in [0.29, 0.717) is 25.7 Å².